The normalized spacial score (nSPS) is 20.9. The van der Waals surface area contributed by atoms with Gasteiger partial charge in [0.2, 0.25) is 0 Å². The van der Waals surface area contributed by atoms with Gasteiger partial charge in [-0.15, -0.1) is 0 Å². The highest BCUT2D eigenvalue weighted by Gasteiger charge is 2.34. The molecule has 1 aliphatic heterocycles. The summed E-state index contributed by atoms with van der Waals surface area (Å²) in [6, 6.07) is 14.1. The standard InChI is InChI=1S/C14H10O3S/c15-14(16)13-9-5-1-3-7-11(9)18(17)12-8-4-2-6-10(12)13/h1-8,13H,(H,15,16). The van der Waals surface area contributed by atoms with Crippen LogP contribution in [0.4, 0.5) is 0 Å². The van der Waals surface area contributed by atoms with E-state index in [0.717, 1.165) is 0 Å². The van der Waals surface area contributed by atoms with Crippen LogP contribution in [0.15, 0.2) is 58.3 Å². The second kappa shape index (κ2) is 4.07. The van der Waals surface area contributed by atoms with Gasteiger partial charge >= 0.3 is 5.97 Å². The lowest BCUT2D eigenvalue weighted by atomic mass is 9.91. The van der Waals surface area contributed by atoms with E-state index in [0.29, 0.717) is 20.9 Å². The van der Waals surface area contributed by atoms with E-state index < -0.39 is 22.7 Å². The Bertz CT molecular complexity index is 614. The van der Waals surface area contributed by atoms with Gasteiger partial charge < -0.3 is 5.11 Å². The van der Waals surface area contributed by atoms with Crippen molar-refractivity contribution in [3.05, 3.63) is 59.7 Å². The summed E-state index contributed by atoms with van der Waals surface area (Å²) >= 11 is 0. The molecule has 2 aromatic rings. The molecule has 0 radical (unpaired) electrons. The molecule has 0 atom stereocenters. The first-order valence-electron chi connectivity index (χ1n) is 5.52. The van der Waals surface area contributed by atoms with Crippen LogP contribution in [0.3, 0.4) is 0 Å². The van der Waals surface area contributed by atoms with Crippen molar-refractivity contribution in [3.63, 3.8) is 0 Å². The lowest BCUT2D eigenvalue weighted by molar-refractivity contribution is -0.137. The summed E-state index contributed by atoms with van der Waals surface area (Å²) in [5.74, 6) is -1.64. The molecule has 0 spiro atoms. The van der Waals surface area contributed by atoms with Crippen LogP contribution in [0.2, 0.25) is 0 Å². The number of hydrogen-bond acceptors (Lipinski definition) is 2. The molecular weight excluding hydrogens is 248 g/mol. The van der Waals surface area contributed by atoms with Gasteiger partial charge in [-0.1, -0.05) is 36.4 Å². The largest absolute Gasteiger partial charge is 0.481 e. The average molecular weight is 258 g/mol. The highest BCUT2D eigenvalue weighted by atomic mass is 32.2. The van der Waals surface area contributed by atoms with Crippen LogP contribution in [0, 0.1) is 0 Å². The molecule has 0 saturated heterocycles. The monoisotopic (exact) mass is 258 g/mol. The summed E-state index contributed by atoms with van der Waals surface area (Å²) in [4.78, 5) is 12.7. The maximum atomic E-state index is 12.4. The Labute approximate surface area is 107 Å². The Kier molecular flexibility index (Phi) is 2.52. The molecule has 90 valence electrons. The first-order chi connectivity index (χ1) is 8.70. The number of carboxylic acid groups (broad SMARTS) is 1. The third kappa shape index (κ3) is 1.49. The fourth-order valence-corrected chi connectivity index (χ4v) is 3.77. The van der Waals surface area contributed by atoms with Crippen LogP contribution in [-0.2, 0) is 15.6 Å². The van der Waals surface area contributed by atoms with E-state index in [1.54, 1.807) is 48.5 Å². The fraction of sp³-hybridized carbons (Fsp3) is 0.0714. The molecule has 3 rings (SSSR count). The molecule has 0 bridgehead atoms. The molecule has 4 heteroatoms. The Morgan fingerprint density at radius 1 is 0.944 bits per heavy atom. The number of fused-ring (bicyclic) bond motifs is 2. The summed E-state index contributed by atoms with van der Waals surface area (Å²) in [6.07, 6.45) is 0. The van der Waals surface area contributed by atoms with Gasteiger partial charge in [-0.2, -0.15) is 0 Å². The first-order valence-corrected chi connectivity index (χ1v) is 6.67. The molecule has 1 N–H and O–H groups in total. The van der Waals surface area contributed by atoms with Gasteiger partial charge in [0, 0.05) is 9.79 Å². The second-order valence-electron chi connectivity index (χ2n) is 4.12. The van der Waals surface area contributed by atoms with Crippen molar-refractivity contribution in [2.24, 2.45) is 0 Å². The molecule has 0 saturated carbocycles. The van der Waals surface area contributed by atoms with Gasteiger partial charge in [0.1, 0.15) is 5.92 Å². The van der Waals surface area contributed by atoms with E-state index in [4.69, 9.17) is 0 Å². The molecule has 1 heterocycles. The third-order valence-corrected chi connectivity index (χ3v) is 4.65. The van der Waals surface area contributed by atoms with Gasteiger partial charge in [0.05, 0.1) is 10.8 Å². The minimum atomic E-state index is -1.29. The molecule has 0 fully saturated rings. The average Bonchev–Trinajstić information content (AvgIpc) is 2.39. The molecule has 0 aromatic heterocycles. The predicted molar refractivity (Wildman–Crippen MR) is 67.0 cm³/mol. The Hall–Kier alpha value is -1.94. The molecule has 3 nitrogen and oxygen atoms in total. The first kappa shape index (κ1) is 11.2. The number of carboxylic acids is 1. The lowest BCUT2D eigenvalue weighted by Gasteiger charge is -2.24. The van der Waals surface area contributed by atoms with Gasteiger partial charge in [-0.25, -0.2) is 4.21 Å². The maximum absolute atomic E-state index is 12.4. The fourth-order valence-electron chi connectivity index (χ4n) is 2.33. The molecule has 2 aromatic carbocycles. The predicted octanol–water partition coefficient (Wildman–Crippen LogP) is 2.38. The summed E-state index contributed by atoms with van der Waals surface area (Å²) in [6.45, 7) is 0. The molecule has 1 aliphatic rings. The lowest BCUT2D eigenvalue weighted by Crippen LogP contribution is -2.21. The summed E-state index contributed by atoms with van der Waals surface area (Å²) in [7, 11) is -1.29. The number of benzene rings is 2. The molecule has 0 aliphatic carbocycles. The van der Waals surface area contributed by atoms with Crippen molar-refractivity contribution in [3.8, 4) is 0 Å². The highest BCUT2D eigenvalue weighted by molar-refractivity contribution is 7.85. The van der Waals surface area contributed by atoms with E-state index in [1.807, 2.05) is 0 Å². The van der Waals surface area contributed by atoms with Crippen LogP contribution >= 0.6 is 0 Å². The highest BCUT2D eigenvalue weighted by Crippen LogP contribution is 2.39. The van der Waals surface area contributed by atoms with Crippen molar-refractivity contribution < 1.29 is 14.1 Å². The van der Waals surface area contributed by atoms with Crippen molar-refractivity contribution in [1.29, 1.82) is 0 Å². The van der Waals surface area contributed by atoms with Crippen LogP contribution in [0.25, 0.3) is 0 Å². The minimum absolute atomic E-state index is 0.601. The van der Waals surface area contributed by atoms with Crippen molar-refractivity contribution in [2.75, 3.05) is 0 Å². The summed E-state index contributed by atoms with van der Waals surface area (Å²) < 4.78 is 12.4. The molecular formula is C14H10O3S. The van der Waals surface area contributed by atoms with Gasteiger partial charge in [-0.05, 0) is 23.3 Å². The smallest absolute Gasteiger partial charge is 0.315 e. The zero-order valence-corrected chi connectivity index (χ0v) is 10.2. The van der Waals surface area contributed by atoms with Crippen LogP contribution in [-0.4, -0.2) is 15.3 Å². The second-order valence-corrected chi connectivity index (χ2v) is 5.53. The minimum Gasteiger partial charge on any atom is -0.481 e. The van der Waals surface area contributed by atoms with E-state index in [1.165, 1.54) is 0 Å². The van der Waals surface area contributed by atoms with Crippen LogP contribution in [0.5, 0.6) is 0 Å². The van der Waals surface area contributed by atoms with E-state index in [9.17, 15) is 14.1 Å². The van der Waals surface area contributed by atoms with Crippen molar-refractivity contribution in [1.82, 2.24) is 0 Å². The Balaban J connectivity index is 2.33. The van der Waals surface area contributed by atoms with Crippen LogP contribution < -0.4 is 0 Å². The number of hydrogen-bond donors (Lipinski definition) is 1. The van der Waals surface area contributed by atoms with E-state index in [2.05, 4.69) is 0 Å². The van der Waals surface area contributed by atoms with Crippen molar-refractivity contribution in [2.45, 2.75) is 15.7 Å². The SMILES string of the molecule is O=C(O)C1c2ccccc2S(=O)c2ccccc21. The van der Waals surface area contributed by atoms with Gasteiger partial charge in [-0.3, -0.25) is 4.79 Å². The molecule has 18 heavy (non-hydrogen) atoms. The van der Waals surface area contributed by atoms with Gasteiger partial charge in [0.15, 0.2) is 0 Å². The third-order valence-electron chi connectivity index (χ3n) is 3.11. The Morgan fingerprint density at radius 2 is 1.39 bits per heavy atom. The Morgan fingerprint density at radius 3 is 1.83 bits per heavy atom. The number of rotatable bonds is 1. The topological polar surface area (TPSA) is 54.4 Å². The molecule has 0 unspecified atom stereocenters. The van der Waals surface area contributed by atoms with Gasteiger partial charge in [0.25, 0.3) is 0 Å². The zero-order valence-electron chi connectivity index (χ0n) is 9.37. The molecule has 0 amide bonds. The van der Waals surface area contributed by atoms with E-state index >= 15 is 0 Å². The summed E-state index contributed by atoms with van der Waals surface area (Å²) in [5.41, 5.74) is 1.25. The zero-order chi connectivity index (χ0) is 12.7. The summed E-state index contributed by atoms with van der Waals surface area (Å²) in [5, 5.41) is 9.42. The van der Waals surface area contributed by atoms with Crippen molar-refractivity contribution >= 4 is 16.8 Å². The number of carbonyl (C=O) groups is 1. The van der Waals surface area contributed by atoms with Crippen LogP contribution in [0.1, 0.15) is 17.0 Å². The quantitative estimate of drug-likeness (QED) is 0.854. The van der Waals surface area contributed by atoms with E-state index in [-0.39, 0.29) is 0 Å². The number of aliphatic carboxylic acids is 1. The maximum Gasteiger partial charge on any atom is 0.315 e.